The molecule has 1 atom stereocenters. The van der Waals surface area contributed by atoms with Crippen LogP contribution in [0, 0.1) is 12.8 Å². The van der Waals surface area contributed by atoms with Crippen LogP contribution < -0.4 is 5.32 Å². The van der Waals surface area contributed by atoms with Crippen LogP contribution in [0.4, 0.5) is 5.69 Å². The lowest BCUT2D eigenvalue weighted by atomic mass is 9.98. The van der Waals surface area contributed by atoms with Crippen molar-refractivity contribution >= 4 is 43.2 Å². The summed E-state index contributed by atoms with van der Waals surface area (Å²) in [4.78, 5) is 17.9. The maximum Gasteiger partial charge on any atom is 0.243 e. The van der Waals surface area contributed by atoms with Crippen LogP contribution in [-0.2, 0) is 14.8 Å². The Hall–Kier alpha value is -3.07. The molecule has 1 N–H and O–H groups in total. The van der Waals surface area contributed by atoms with Crippen LogP contribution in [0.25, 0.3) is 20.8 Å². The van der Waals surface area contributed by atoms with Crippen LogP contribution in [0.1, 0.15) is 18.4 Å². The number of para-hydroxylation sites is 1. The Labute approximate surface area is 203 Å². The number of aromatic nitrogens is 1. The number of hydrogen-bond acceptors (Lipinski definition) is 5. The number of rotatable bonds is 5. The van der Waals surface area contributed by atoms with Gasteiger partial charge in [0.25, 0.3) is 0 Å². The number of sulfonamides is 1. The third-order valence-corrected chi connectivity index (χ3v) is 9.07. The average molecular weight is 492 g/mol. The Morgan fingerprint density at radius 2 is 1.76 bits per heavy atom. The van der Waals surface area contributed by atoms with Crippen molar-refractivity contribution in [3.05, 3.63) is 78.4 Å². The number of thiazole rings is 1. The molecule has 8 heteroatoms. The van der Waals surface area contributed by atoms with Crippen LogP contribution in [0.5, 0.6) is 0 Å². The van der Waals surface area contributed by atoms with Crippen molar-refractivity contribution in [1.29, 1.82) is 0 Å². The Morgan fingerprint density at radius 3 is 2.50 bits per heavy atom. The Morgan fingerprint density at radius 1 is 1.03 bits per heavy atom. The number of amides is 1. The van der Waals surface area contributed by atoms with Crippen molar-refractivity contribution in [2.24, 2.45) is 5.92 Å². The van der Waals surface area contributed by atoms with Gasteiger partial charge in [0.15, 0.2) is 0 Å². The number of hydrogen-bond donors (Lipinski definition) is 1. The van der Waals surface area contributed by atoms with E-state index in [4.69, 9.17) is 0 Å². The molecule has 0 saturated carbocycles. The zero-order valence-corrected chi connectivity index (χ0v) is 20.4. The van der Waals surface area contributed by atoms with E-state index in [1.54, 1.807) is 35.6 Å². The molecular weight excluding hydrogens is 466 g/mol. The van der Waals surface area contributed by atoms with Crippen molar-refractivity contribution in [3.63, 3.8) is 0 Å². The minimum absolute atomic E-state index is 0.156. The molecule has 1 unspecified atom stereocenters. The van der Waals surface area contributed by atoms with Crippen molar-refractivity contribution in [2.75, 3.05) is 18.4 Å². The average Bonchev–Trinajstić information content (AvgIpc) is 3.29. The normalized spacial score (nSPS) is 17.0. The molecule has 0 bridgehead atoms. The smallest absolute Gasteiger partial charge is 0.243 e. The first kappa shape index (κ1) is 22.7. The standard InChI is InChI=1S/C26H25N3O3S2/c1-18-8-14-22(15-9-18)34(31,32)29-16-4-5-20(17-29)25(30)27-21-12-10-19(11-13-21)26-28-23-6-2-3-7-24(23)33-26/h2-3,6-15,20H,4-5,16-17H2,1H3,(H,27,30). The predicted molar refractivity (Wildman–Crippen MR) is 136 cm³/mol. The molecule has 174 valence electrons. The highest BCUT2D eigenvalue weighted by Gasteiger charge is 2.33. The Kier molecular flexibility index (Phi) is 6.20. The quantitative estimate of drug-likeness (QED) is 0.410. The third kappa shape index (κ3) is 4.61. The number of nitrogens with zero attached hydrogens (tertiary/aromatic N) is 2. The Bertz CT molecular complexity index is 1400. The molecule has 0 radical (unpaired) electrons. The van der Waals surface area contributed by atoms with E-state index in [0.29, 0.717) is 25.1 Å². The molecular formula is C26H25N3O3S2. The molecule has 1 saturated heterocycles. The van der Waals surface area contributed by atoms with Gasteiger partial charge in [0.2, 0.25) is 15.9 Å². The number of fused-ring (bicyclic) bond motifs is 1. The van der Waals surface area contributed by atoms with Crippen LogP contribution in [0.15, 0.2) is 77.7 Å². The van der Waals surface area contributed by atoms with Gasteiger partial charge in [-0.25, -0.2) is 13.4 Å². The van der Waals surface area contributed by atoms with E-state index in [1.165, 1.54) is 4.31 Å². The fourth-order valence-electron chi connectivity index (χ4n) is 4.17. The topological polar surface area (TPSA) is 79.4 Å². The molecule has 4 aromatic rings. The van der Waals surface area contributed by atoms with Crippen LogP contribution >= 0.6 is 11.3 Å². The van der Waals surface area contributed by atoms with Crippen LogP contribution in [0.3, 0.4) is 0 Å². The number of aryl methyl sites for hydroxylation is 1. The first-order chi connectivity index (χ1) is 16.4. The zero-order chi connectivity index (χ0) is 23.7. The van der Waals surface area contributed by atoms with E-state index in [2.05, 4.69) is 16.4 Å². The number of nitrogens with one attached hydrogen (secondary N) is 1. The van der Waals surface area contributed by atoms with Gasteiger partial charge in [-0.05, 0) is 68.3 Å². The summed E-state index contributed by atoms with van der Waals surface area (Å²) < 4.78 is 28.7. The summed E-state index contributed by atoms with van der Waals surface area (Å²) >= 11 is 1.63. The fraction of sp³-hybridized carbons (Fsp3) is 0.231. The van der Waals surface area contributed by atoms with Crippen molar-refractivity contribution in [1.82, 2.24) is 9.29 Å². The molecule has 5 rings (SSSR count). The highest BCUT2D eigenvalue weighted by Crippen LogP contribution is 2.31. The van der Waals surface area contributed by atoms with Gasteiger partial charge >= 0.3 is 0 Å². The summed E-state index contributed by atoms with van der Waals surface area (Å²) in [6.45, 7) is 2.53. The van der Waals surface area contributed by atoms with Gasteiger partial charge in [0.05, 0.1) is 21.0 Å². The number of benzene rings is 3. The summed E-state index contributed by atoms with van der Waals surface area (Å²) in [5, 5.41) is 3.89. The molecule has 1 aliphatic heterocycles. The molecule has 2 heterocycles. The molecule has 3 aromatic carbocycles. The summed E-state index contributed by atoms with van der Waals surface area (Å²) in [5.41, 5.74) is 3.66. The third-order valence-electron chi connectivity index (χ3n) is 6.11. The number of anilines is 1. The zero-order valence-electron chi connectivity index (χ0n) is 18.8. The van der Waals surface area contributed by atoms with Gasteiger partial charge in [0, 0.05) is 24.3 Å². The highest BCUT2D eigenvalue weighted by atomic mass is 32.2. The highest BCUT2D eigenvalue weighted by molar-refractivity contribution is 7.89. The first-order valence-electron chi connectivity index (χ1n) is 11.2. The summed E-state index contributed by atoms with van der Waals surface area (Å²) in [6.07, 6.45) is 1.31. The lowest BCUT2D eigenvalue weighted by molar-refractivity contribution is -0.120. The second-order valence-corrected chi connectivity index (χ2v) is 11.5. The molecule has 6 nitrogen and oxygen atoms in total. The van der Waals surface area contributed by atoms with Gasteiger partial charge in [0.1, 0.15) is 5.01 Å². The van der Waals surface area contributed by atoms with Crippen molar-refractivity contribution < 1.29 is 13.2 Å². The summed E-state index contributed by atoms with van der Waals surface area (Å²) in [5.74, 6) is -0.547. The minimum atomic E-state index is -3.62. The molecule has 1 aromatic heterocycles. The maximum atomic E-state index is 13.1. The van der Waals surface area contributed by atoms with E-state index >= 15 is 0 Å². The van der Waals surface area contributed by atoms with Crippen LogP contribution in [-0.4, -0.2) is 36.7 Å². The lowest BCUT2D eigenvalue weighted by Gasteiger charge is -2.31. The maximum absolute atomic E-state index is 13.1. The predicted octanol–water partition coefficient (Wildman–Crippen LogP) is 5.31. The van der Waals surface area contributed by atoms with Gasteiger partial charge < -0.3 is 5.32 Å². The summed E-state index contributed by atoms with van der Waals surface area (Å²) in [7, 11) is -3.62. The first-order valence-corrected chi connectivity index (χ1v) is 13.5. The Balaban J connectivity index is 1.26. The largest absolute Gasteiger partial charge is 0.326 e. The lowest BCUT2D eigenvalue weighted by Crippen LogP contribution is -2.43. The molecule has 1 amide bonds. The van der Waals surface area contributed by atoms with E-state index in [-0.39, 0.29) is 17.3 Å². The molecule has 1 fully saturated rings. The molecule has 0 spiro atoms. The minimum Gasteiger partial charge on any atom is -0.326 e. The van der Waals surface area contributed by atoms with Gasteiger partial charge in [-0.15, -0.1) is 11.3 Å². The van der Waals surface area contributed by atoms with Crippen molar-refractivity contribution in [3.8, 4) is 10.6 Å². The number of piperidine rings is 1. The molecule has 0 aliphatic carbocycles. The van der Waals surface area contributed by atoms with E-state index in [0.717, 1.165) is 26.4 Å². The summed E-state index contributed by atoms with van der Waals surface area (Å²) in [6, 6.07) is 22.5. The monoisotopic (exact) mass is 491 g/mol. The molecule has 1 aliphatic rings. The van der Waals surface area contributed by atoms with Crippen molar-refractivity contribution in [2.45, 2.75) is 24.7 Å². The molecule has 34 heavy (non-hydrogen) atoms. The number of carbonyl (C=O) groups is 1. The second kappa shape index (κ2) is 9.29. The van der Waals surface area contributed by atoms with E-state index in [9.17, 15) is 13.2 Å². The number of carbonyl (C=O) groups excluding carboxylic acids is 1. The van der Waals surface area contributed by atoms with Gasteiger partial charge in [-0.3, -0.25) is 4.79 Å². The fourth-order valence-corrected chi connectivity index (χ4v) is 6.67. The van der Waals surface area contributed by atoms with Gasteiger partial charge in [-0.2, -0.15) is 4.31 Å². The van der Waals surface area contributed by atoms with Gasteiger partial charge in [-0.1, -0.05) is 29.8 Å². The van der Waals surface area contributed by atoms with E-state index in [1.807, 2.05) is 49.4 Å². The van der Waals surface area contributed by atoms with E-state index < -0.39 is 15.9 Å². The second-order valence-electron chi connectivity index (χ2n) is 8.57. The van der Waals surface area contributed by atoms with Crippen LogP contribution in [0.2, 0.25) is 0 Å². The SMILES string of the molecule is Cc1ccc(S(=O)(=O)N2CCCC(C(=O)Nc3ccc(-c4nc5ccccc5s4)cc3)C2)cc1.